The van der Waals surface area contributed by atoms with Crippen LogP contribution in [0.4, 0.5) is 10.5 Å². The van der Waals surface area contributed by atoms with Gasteiger partial charge in [-0.1, -0.05) is 6.07 Å². The number of aromatic hydroxyl groups is 1. The summed E-state index contributed by atoms with van der Waals surface area (Å²) in [5, 5.41) is 27.6. The van der Waals surface area contributed by atoms with Gasteiger partial charge in [0.1, 0.15) is 11.8 Å². The van der Waals surface area contributed by atoms with Gasteiger partial charge in [0.2, 0.25) is 0 Å². The summed E-state index contributed by atoms with van der Waals surface area (Å²) in [6.45, 7) is 0.405. The fourth-order valence-corrected chi connectivity index (χ4v) is 2.15. The molecule has 1 atom stereocenters. The SMILES string of the molecule is O=C(O)C1CN(C(=O)O)CCN1c1cccc(O)c1. The second kappa shape index (κ2) is 5.05. The van der Waals surface area contributed by atoms with Crippen molar-refractivity contribution < 1.29 is 24.9 Å². The monoisotopic (exact) mass is 266 g/mol. The van der Waals surface area contributed by atoms with Crippen LogP contribution in [-0.2, 0) is 4.79 Å². The number of nitrogens with zero attached hydrogens (tertiary/aromatic N) is 2. The number of hydrogen-bond acceptors (Lipinski definition) is 4. The number of hydrogen-bond donors (Lipinski definition) is 3. The van der Waals surface area contributed by atoms with E-state index in [-0.39, 0.29) is 25.4 Å². The summed E-state index contributed by atoms with van der Waals surface area (Å²) < 4.78 is 0. The molecule has 2 rings (SSSR count). The number of rotatable bonds is 2. The highest BCUT2D eigenvalue weighted by Crippen LogP contribution is 2.24. The molecule has 3 N–H and O–H groups in total. The molecule has 1 aromatic rings. The van der Waals surface area contributed by atoms with E-state index in [0.29, 0.717) is 5.69 Å². The highest BCUT2D eigenvalue weighted by molar-refractivity contribution is 5.80. The number of piperazine rings is 1. The van der Waals surface area contributed by atoms with Crippen molar-refractivity contribution in [3.05, 3.63) is 24.3 Å². The number of benzene rings is 1. The first-order valence-electron chi connectivity index (χ1n) is 5.75. The van der Waals surface area contributed by atoms with Crippen molar-refractivity contribution in [2.75, 3.05) is 24.5 Å². The molecule has 0 aliphatic carbocycles. The molecular formula is C12H14N2O5. The second-order valence-electron chi connectivity index (χ2n) is 4.30. The number of anilines is 1. The molecule has 1 amide bonds. The van der Waals surface area contributed by atoms with Gasteiger partial charge in [0.25, 0.3) is 0 Å². The van der Waals surface area contributed by atoms with Crippen LogP contribution in [0.5, 0.6) is 5.75 Å². The van der Waals surface area contributed by atoms with E-state index in [1.54, 1.807) is 17.0 Å². The van der Waals surface area contributed by atoms with Crippen molar-refractivity contribution in [1.29, 1.82) is 0 Å². The maximum absolute atomic E-state index is 11.3. The van der Waals surface area contributed by atoms with Gasteiger partial charge in [-0.25, -0.2) is 9.59 Å². The number of phenolic OH excluding ortho intramolecular Hbond substituents is 1. The molecule has 7 nitrogen and oxygen atoms in total. The van der Waals surface area contributed by atoms with Crippen LogP contribution in [0.1, 0.15) is 0 Å². The molecule has 0 bridgehead atoms. The Hall–Kier alpha value is -2.44. The Morgan fingerprint density at radius 2 is 1.95 bits per heavy atom. The van der Waals surface area contributed by atoms with Gasteiger partial charge in [-0.2, -0.15) is 0 Å². The van der Waals surface area contributed by atoms with Crippen LogP contribution in [0.3, 0.4) is 0 Å². The van der Waals surface area contributed by atoms with Crippen LogP contribution < -0.4 is 4.90 Å². The Morgan fingerprint density at radius 1 is 1.21 bits per heavy atom. The topological polar surface area (TPSA) is 101 Å². The van der Waals surface area contributed by atoms with E-state index >= 15 is 0 Å². The van der Waals surface area contributed by atoms with E-state index in [2.05, 4.69) is 0 Å². The Kier molecular flexibility index (Phi) is 3.46. The predicted molar refractivity (Wildman–Crippen MR) is 66.5 cm³/mol. The number of carboxylic acids is 1. The second-order valence-corrected chi connectivity index (χ2v) is 4.30. The van der Waals surface area contributed by atoms with E-state index in [1.165, 1.54) is 12.1 Å². The first-order chi connectivity index (χ1) is 8.99. The van der Waals surface area contributed by atoms with Gasteiger partial charge < -0.3 is 25.1 Å². The van der Waals surface area contributed by atoms with Crippen LogP contribution in [-0.4, -0.2) is 58.0 Å². The largest absolute Gasteiger partial charge is 0.508 e. The molecule has 0 spiro atoms. The standard InChI is InChI=1S/C12H14N2O5/c15-9-3-1-2-8(6-9)14-5-4-13(12(18)19)7-10(14)11(16)17/h1-3,6,10,15H,4-5,7H2,(H,16,17)(H,18,19). The van der Waals surface area contributed by atoms with Gasteiger partial charge in [-0.05, 0) is 12.1 Å². The molecule has 0 radical (unpaired) electrons. The van der Waals surface area contributed by atoms with E-state index in [1.807, 2.05) is 0 Å². The Balaban J connectivity index is 2.25. The normalized spacial score (nSPS) is 19.3. The molecule has 19 heavy (non-hydrogen) atoms. The first kappa shape index (κ1) is 13.0. The van der Waals surface area contributed by atoms with Crippen molar-refractivity contribution in [3.63, 3.8) is 0 Å². The molecule has 7 heteroatoms. The lowest BCUT2D eigenvalue weighted by Crippen LogP contribution is -2.57. The minimum absolute atomic E-state index is 0.0438. The zero-order chi connectivity index (χ0) is 14.0. The molecular weight excluding hydrogens is 252 g/mol. The third kappa shape index (κ3) is 2.70. The Bertz CT molecular complexity index is 505. The smallest absolute Gasteiger partial charge is 0.407 e. The van der Waals surface area contributed by atoms with Crippen molar-refractivity contribution in [1.82, 2.24) is 4.90 Å². The third-order valence-electron chi connectivity index (χ3n) is 3.10. The van der Waals surface area contributed by atoms with Gasteiger partial charge >= 0.3 is 12.1 Å². The molecule has 1 unspecified atom stereocenters. The van der Waals surface area contributed by atoms with Crippen molar-refractivity contribution in [2.45, 2.75) is 6.04 Å². The fraction of sp³-hybridized carbons (Fsp3) is 0.333. The number of aliphatic carboxylic acids is 1. The summed E-state index contributed by atoms with van der Waals surface area (Å²) in [6.07, 6.45) is -1.12. The summed E-state index contributed by atoms with van der Waals surface area (Å²) in [6, 6.07) is 5.31. The summed E-state index contributed by atoms with van der Waals surface area (Å²) in [5.41, 5.74) is 0.567. The molecule has 1 heterocycles. The molecule has 0 aromatic heterocycles. The summed E-state index contributed by atoms with van der Waals surface area (Å²) in [4.78, 5) is 24.8. The molecule has 1 aliphatic heterocycles. The zero-order valence-electron chi connectivity index (χ0n) is 10.1. The maximum atomic E-state index is 11.3. The fourth-order valence-electron chi connectivity index (χ4n) is 2.15. The number of phenols is 1. The van der Waals surface area contributed by atoms with E-state index in [9.17, 15) is 19.8 Å². The van der Waals surface area contributed by atoms with Gasteiger partial charge in [-0.15, -0.1) is 0 Å². The van der Waals surface area contributed by atoms with E-state index in [4.69, 9.17) is 5.11 Å². The van der Waals surface area contributed by atoms with Crippen LogP contribution in [0.25, 0.3) is 0 Å². The van der Waals surface area contributed by atoms with Gasteiger partial charge in [-0.3, -0.25) is 0 Å². The lowest BCUT2D eigenvalue weighted by Gasteiger charge is -2.39. The van der Waals surface area contributed by atoms with Crippen LogP contribution in [0.2, 0.25) is 0 Å². The number of carboxylic acid groups (broad SMARTS) is 2. The van der Waals surface area contributed by atoms with Gasteiger partial charge in [0.15, 0.2) is 0 Å². The summed E-state index contributed by atoms with van der Waals surface area (Å²) >= 11 is 0. The van der Waals surface area contributed by atoms with E-state index in [0.717, 1.165) is 4.90 Å². The highest BCUT2D eigenvalue weighted by Gasteiger charge is 2.34. The van der Waals surface area contributed by atoms with Crippen LogP contribution in [0.15, 0.2) is 24.3 Å². The average Bonchev–Trinajstić information content (AvgIpc) is 2.37. The van der Waals surface area contributed by atoms with E-state index < -0.39 is 18.1 Å². The lowest BCUT2D eigenvalue weighted by atomic mass is 10.1. The molecule has 0 saturated carbocycles. The first-order valence-corrected chi connectivity index (χ1v) is 5.75. The Morgan fingerprint density at radius 3 is 2.53 bits per heavy atom. The van der Waals surface area contributed by atoms with Crippen LogP contribution >= 0.6 is 0 Å². The van der Waals surface area contributed by atoms with Crippen molar-refractivity contribution >= 4 is 17.7 Å². The molecule has 102 valence electrons. The van der Waals surface area contributed by atoms with Crippen LogP contribution in [0, 0.1) is 0 Å². The minimum Gasteiger partial charge on any atom is -0.508 e. The van der Waals surface area contributed by atoms with Gasteiger partial charge in [0.05, 0.1) is 6.54 Å². The average molecular weight is 266 g/mol. The molecule has 1 aromatic carbocycles. The zero-order valence-corrected chi connectivity index (χ0v) is 10.1. The third-order valence-corrected chi connectivity index (χ3v) is 3.10. The number of carbonyl (C=O) groups is 2. The summed E-state index contributed by atoms with van der Waals surface area (Å²) in [5.74, 6) is -1.04. The highest BCUT2D eigenvalue weighted by atomic mass is 16.4. The van der Waals surface area contributed by atoms with Gasteiger partial charge in [0, 0.05) is 24.8 Å². The quantitative estimate of drug-likeness (QED) is 0.726. The Labute approximate surface area is 109 Å². The lowest BCUT2D eigenvalue weighted by molar-refractivity contribution is -0.139. The predicted octanol–water partition coefficient (Wildman–Crippen LogP) is 0.645. The van der Waals surface area contributed by atoms with Crippen molar-refractivity contribution in [2.24, 2.45) is 0 Å². The maximum Gasteiger partial charge on any atom is 0.407 e. The summed E-state index contributed by atoms with van der Waals surface area (Å²) in [7, 11) is 0. The molecule has 1 aliphatic rings. The number of amides is 1. The molecule has 1 fully saturated rings. The van der Waals surface area contributed by atoms with Crippen molar-refractivity contribution in [3.8, 4) is 5.75 Å². The molecule has 1 saturated heterocycles. The minimum atomic E-state index is -1.12.